The molecular weight excluding hydrogens is 252 g/mol. The van der Waals surface area contributed by atoms with Crippen LogP contribution >= 0.6 is 11.6 Å². The van der Waals surface area contributed by atoms with Gasteiger partial charge in [0.05, 0.1) is 18.8 Å². The van der Waals surface area contributed by atoms with Crippen LogP contribution in [0.4, 0.5) is 0 Å². The first kappa shape index (κ1) is 13.2. The summed E-state index contributed by atoms with van der Waals surface area (Å²) in [6.07, 6.45) is 0. The zero-order chi connectivity index (χ0) is 12.8. The van der Waals surface area contributed by atoms with Gasteiger partial charge in [-0.25, -0.2) is 0 Å². The molecule has 0 radical (unpaired) electrons. The van der Waals surface area contributed by atoms with E-state index in [0.29, 0.717) is 22.9 Å². The smallest absolute Gasteiger partial charge is 0.138 e. The average Bonchev–Trinajstić information content (AvgIpc) is 2.40. The van der Waals surface area contributed by atoms with E-state index in [9.17, 15) is 0 Å². The second-order valence-corrected chi connectivity index (χ2v) is 4.49. The monoisotopic (exact) mass is 266 g/mol. The maximum Gasteiger partial charge on any atom is 0.138 e. The fourth-order valence-electron chi connectivity index (χ4n) is 1.82. The minimum atomic E-state index is 0.515. The van der Waals surface area contributed by atoms with E-state index in [1.807, 2.05) is 0 Å². The lowest BCUT2D eigenvalue weighted by Gasteiger charge is -2.26. The molecule has 1 aromatic carbocycles. The first-order valence-corrected chi connectivity index (χ1v) is 6.30. The van der Waals surface area contributed by atoms with E-state index in [1.54, 1.807) is 18.2 Å². The van der Waals surface area contributed by atoms with E-state index in [4.69, 9.17) is 26.3 Å². The molecule has 0 spiro atoms. The number of morpholine rings is 1. The molecule has 0 aliphatic carbocycles. The number of rotatable bonds is 4. The molecule has 18 heavy (non-hydrogen) atoms. The second kappa shape index (κ2) is 6.60. The van der Waals surface area contributed by atoms with Gasteiger partial charge in [0.1, 0.15) is 18.4 Å². The maximum absolute atomic E-state index is 8.96. The van der Waals surface area contributed by atoms with E-state index in [2.05, 4.69) is 11.0 Å². The second-order valence-electron chi connectivity index (χ2n) is 4.05. The first-order chi connectivity index (χ1) is 8.79. The van der Waals surface area contributed by atoms with Crippen LogP contribution in [0.2, 0.25) is 5.02 Å². The molecule has 1 aromatic rings. The number of hydrogen-bond acceptors (Lipinski definition) is 4. The van der Waals surface area contributed by atoms with Gasteiger partial charge in [0, 0.05) is 30.7 Å². The highest BCUT2D eigenvalue weighted by molar-refractivity contribution is 6.30. The van der Waals surface area contributed by atoms with Crippen LogP contribution in [-0.2, 0) is 4.74 Å². The lowest BCUT2D eigenvalue weighted by atomic mass is 10.2. The molecule has 5 heteroatoms. The summed E-state index contributed by atoms with van der Waals surface area (Å²) in [4.78, 5) is 2.28. The lowest BCUT2D eigenvalue weighted by molar-refractivity contribution is 0.0322. The molecule has 1 aliphatic rings. The van der Waals surface area contributed by atoms with Gasteiger partial charge < -0.3 is 9.47 Å². The minimum Gasteiger partial charge on any atom is -0.491 e. The lowest BCUT2D eigenvalue weighted by Crippen LogP contribution is -2.38. The van der Waals surface area contributed by atoms with Gasteiger partial charge in [-0.3, -0.25) is 4.90 Å². The van der Waals surface area contributed by atoms with Crippen molar-refractivity contribution in [3.05, 3.63) is 28.8 Å². The molecule has 0 bridgehead atoms. The van der Waals surface area contributed by atoms with E-state index >= 15 is 0 Å². The van der Waals surface area contributed by atoms with Crippen LogP contribution in [0, 0.1) is 11.3 Å². The standard InChI is InChI=1S/C13H15ClN2O2/c14-12-2-1-11(10-15)13(9-12)18-8-5-16-3-6-17-7-4-16/h1-2,9H,3-8H2. The summed E-state index contributed by atoms with van der Waals surface area (Å²) in [6.45, 7) is 4.81. The molecule has 0 N–H and O–H groups in total. The number of benzene rings is 1. The van der Waals surface area contributed by atoms with Crippen LogP contribution in [0.25, 0.3) is 0 Å². The zero-order valence-electron chi connectivity index (χ0n) is 10.1. The van der Waals surface area contributed by atoms with Gasteiger partial charge in [-0.15, -0.1) is 0 Å². The Labute approximate surface area is 112 Å². The van der Waals surface area contributed by atoms with Crippen LogP contribution in [0.15, 0.2) is 18.2 Å². The highest BCUT2D eigenvalue weighted by Gasteiger charge is 2.10. The predicted octanol–water partition coefficient (Wildman–Crippen LogP) is 1.92. The maximum atomic E-state index is 8.96. The van der Waals surface area contributed by atoms with Crippen molar-refractivity contribution >= 4 is 11.6 Å². The van der Waals surface area contributed by atoms with Crippen molar-refractivity contribution < 1.29 is 9.47 Å². The largest absolute Gasteiger partial charge is 0.491 e. The van der Waals surface area contributed by atoms with Gasteiger partial charge in [-0.2, -0.15) is 5.26 Å². The molecule has 2 rings (SSSR count). The van der Waals surface area contributed by atoms with Crippen LogP contribution in [0.3, 0.4) is 0 Å². The Hall–Kier alpha value is -1.28. The number of nitrogens with zero attached hydrogens (tertiary/aromatic N) is 2. The SMILES string of the molecule is N#Cc1ccc(Cl)cc1OCCN1CCOCC1. The number of nitriles is 1. The predicted molar refractivity (Wildman–Crippen MR) is 68.9 cm³/mol. The normalized spacial score (nSPS) is 16.2. The van der Waals surface area contributed by atoms with E-state index in [1.165, 1.54) is 0 Å². The van der Waals surface area contributed by atoms with Crippen LogP contribution in [0.1, 0.15) is 5.56 Å². The van der Waals surface area contributed by atoms with Crippen molar-refractivity contribution in [3.63, 3.8) is 0 Å². The summed E-state index contributed by atoms with van der Waals surface area (Å²) >= 11 is 5.89. The highest BCUT2D eigenvalue weighted by Crippen LogP contribution is 2.22. The number of ether oxygens (including phenoxy) is 2. The molecule has 0 saturated carbocycles. The third-order valence-electron chi connectivity index (χ3n) is 2.83. The Morgan fingerprint density at radius 2 is 2.17 bits per heavy atom. The molecule has 0 atom stereocenters. The molecule has 1 heterocycles. The van der Waals surface area contributed by atoms with Crippen LogP contribution in [0.5, 0.6) is 5.75 Å². The average molecular weight is 267 g/mol. The van der Waals surface area contributed by atoms with Crippen molar-refractivity contribution in [2.24, 2.45) is 0 Å². The summed E-state index contributed by atoms with van der Waals surface area (Å²) in [7, 11) is 0. The van der Waals surface area contributed by atoms with Crippen molar-refractivity contribution in [1.29, 1.82) is 5.26 Å². The number of halogens is 1. The Morgan fingerprint density at radius 1 is 1.39 bits per heavy atom. The van der Waals surface area contributed by atoms with Crippen LogP contribution in [-0.4, -0.2) is 44.4 Å². The molecule has 0 amide bonds. The van der Waals surface area contributed by atoms with Gasteiger partial charge >= 0.3 is 0 Å². The highest BCUT2D eigenvalue weighted by atomic mass is 35.5. The third kappa shape index (κ3) is 3.61. The molecule has 1 saturated heterocycles. The third-order valence-corrected chi connectivity index (χ3v) is 3.07. The molecule has 0 aromatic heterocycles. The summed E-state index contributed by atoms with van der Waals surface area (Å²) in [5.74, 6) is 0.554. The van der Waals surface area contributed by atoms with Gasteiger partial charge in [-0.1, -0.05) is 11.6 Å². The van der Waals surface area contributed by atoms with E-state index < -0.39 is 0 Å². The van der Waals surface area contributed by atoms with E-state index in [0.717, 1.165) is 32.8 Å². The molecular formula is C13H15ClN2O2. The molecule has 1 fully saturated rings. The Balaban J connectivity index is 1.86. The molecule has 0 unspecified atom stereocenters. The quantitative estimate of drug-likeness (QED) is 0.835. The zero-order valence-corrected chi connectivity index (χ0v) is 10.8. The molecule has 4 nitrogen and oxygen atoms in total. The van der Waals surface area contributed by atoms with Gasteiger partial charge in [0.15, 0.2) is 0 Å². The minimum absolute atomic E-state index is 0.515. The summed E-state index contributed by atoms with van der Waals surface area (Å²) in [6, 6.07) is 7.14. The Bertz CT molecular complexity index is 439. The van der Waals surface area contributed by atoms with Crippen molar-refractivity contribution in [2.45, 2.75) is 0 Å². The van der Waals surface area contributed by atoms with Crippen molar-refractivity contribution in [2.75, 3.05) is 39.5 Å². The van der Waals surface area contributed by atoms with Crippen molar-refractivity contribution in [1.82, 2.24) is 4.90 Å². The summed E-state index contributed by atoms with van der Waals surface area (Å²) in [5, 5.41) is 9.54. The van der Waals surface area contributed by atoms with Gasteiger partial charge in [0.25, 0.3) is 0 Å². The number of hydrogen-bond donors (Lipinski definition) is 0. The summed E-state index contributed by atoms with van der Waals surface area (Å²) < 4.78 is 10.9. The van der Waals surface area contributed by atoms with Crippen molar-refractivity contribution in [3.8, 4) is 11.8 Å². The molecule has 1 aliphatic heterocycles. The van der Waals surface area contributed by atoms with Gasteiger partial charge in [0.2, 0.25) is 0 Å². The first-order valence-electron chi connectivity index (χ1n) is 5.92. The topological polar surface area (TPSA) is 45.5 Å². The Morgan fingerprint density at radius 3 is 2.89 bits per heavy atom. The van der Waals surface area contributed by atoms with Crippen LogP contribution < -0.4 is 4.74 Å². The van der Waals surface area contributed by atoms with E-state index in [-0.39, 0.29) is 0 Å². The summed E-state index contributed by atoms with van der Waals surface area (Å²) in [5.41, 5.74) is 0.515. The van der Waals surface area contributed by atoms with Gasteiger partial charge in [-0.05, 0) is 12.1 Å². The molecule has 96 valence electrons. The fourth-order valence-corrected chi connectivity index (χ4v) is 1.98. The fraction of sp³-hybridized carbons (Fsp3) is 0.462. The Kier molecular flexibility index (Phi) is 4.82.